The lowest BCUT2D eigenvalue weighted by atomic mass is 10.1. The minimum absolute atomic E-state index is 0.0202. The molecular weight excluding hydrogens is 296 g/mol. The monoisotopic (exact) mass is 306 g/mol. The summed E-state index contributed by atoms with van der Waals surface area (Å²) in [5.74, 6) is -0.787. The largest absolute Gasteiger partial charge is 0.478 e. The number of hydrogen-bond acceptors (Lipinski definition) is 4. The van der Waals surface area contributed by atoms with Gasteiger partial charge < -0.3 is 10.4 Å². The first-order chi connectivity index (χ1) is 10.1. The number of benzene rings is 1. The highest BCUT2D eigenvalue weighted by molar-refractivity contribution is 6.34. The van der Waals surface area contributed by atoms with E-state index in [9.17, 15) is 9.59 Å². The summed E-state index contributed by atoms with van der Waals surface area (Å²) in [7, 11) is 0. The van der Waals surface area contributed by atoms with Crippen LogP contribution in [0.5, 0.6) is 0 Å². The maximum absolute atomic E-state index is 12.1. The molecule has 1 aliphatic carbocycles. The summed E-state index contributed by atoms with van der Waals surface area (Å²) in [6, 6.07) is 4.46. The molecular formula is C13H11ClN4O3. The number of carboxylic acid groups (broad SMARTS) is 1. The Labute approximate surface area is 124 Å². The molecule has 1 aromatic heterocycles. The number of rotatable bonds is 4. The van der Waals surface area contributed by atoms with E-state index in [2.05, 4.69) is 20.5 Å². The minimum atomic E-state index is -1.22. The number of carboxylic acids is 1. The van der Waals surface area contributed by atoms with Gasteiger partial charge in [-0.1, -0.05) is 17.7 Å². The van der Waals surface area contributed by atoms with E-state index in [0.717, 1.165) is 12.8 Å². The molecule has 1 heterocycles. The molecule has 1 amide bonds. The normalized spacial score (nSPS) is 14.0. The lowest BCUT2D eigenvalue weighted by molar-refractivity contribution is 0.0698. The van der Waals surface area contributed by atoms with Gasteiger partial charge in [0, 0.05) is 5.92 Å². The van der Waals surface area contributed by atoms with Crippen LogP contribution in [0.3, 0.4) is 0 Å². The molecule has 3 N–H and O–H groups in total. The number of aromatic nitrogens is 3. The lowest BCUT2D eigenvalue weighted by Gasteiger charge is -2.07. The molecule has 1 aromatic carbocycles. The number of aromatic carboxylic acids is 1. The summed E-state index contributed by atoms with van der Waals surface area (Å²) in [6.07, 6.45) is 2.07. The third-order valence-corrected chi connectivity index (χ3v) is 3.46. The van der Waals surface area contributed by atoms with E-state index >= 15 is 0 Å². The summed E-state index contributed by atoms with van der Waals surface area (Å²) < 4.78 is 0. The van der Waals surface area contributed by atoms with Gasteiger partial charge in [0.1, 0.15) is 11.4 Å². The molecule has 0 bridgehead atoms. The molecule has 3 rings (SSSR count). The molecule has 1 fully saturated rings. The maximum atomic E-state index is 12.1. The number of nitrogens with one attached hydrogen (secondary N) is 2. The molecule has 0 atom stereocenters. The van der Waals surface area contributed by atoms with Crippen molar-refractivity contribution in [3.05, 3.63) is 40.4 Å². The van der Waals surface area contributed by atoms with Crippen molar-refractivity contribution in [2.75, 3.05) is 5.32 Å². The van der Waals surface area contributed by atoms with Gasteiger partial charge in [-0.05, 0) is 25.0 Å². The third kappa shape index (κ3) is 2.73. The van der Waals surface area contributed by atoms with Crippen LogP contribution in [0.4, 0.5) is 5.69 Å². The van der Waals surface area contributed by atoms with E-state index < -0.39 is 11.9 Å². The molecule has 0 saturated heterocycles. The van der Waals surface area contributed by atoms with Gasteiger partial charge in [-0.25, -0.2) is 9.78 Å². The summed E-state index contributed by atoms with van der Waals surface area (Å²) in [5.41, 5.74) is -0.0526. The predicted octanol–water partition coefficient (Wildman–Crippen LogP) is 2.29. The summed E-state index contributed by atoms with van der Waals surface area (Å²) in [4.78, 5) is 27.4. The zero-order chi connectivity index (χ0) is 15.0. The van der Waals surface area contributed by atoms with Gasteiger partial charge in [0.15, 0.2) is 0 Å². The van der Waals surface area contributed by atoms with Gasteiger partial charge in [0.05, 0.1) is 10.7 Å². The highest BCUT2D eigenvalue weighted by atomic mass is 35.5. The van der Waals surface area contributed by atoms with Crippen LogP contribution in [-0.4, -0.2) is 32.2 Å². The van der Waals surface area contributed by atoms with Crippen molar-refractivity contribution in [3.63, 3.8) is 0 Å². The van der Waals surface area contributed by atoms with Crippen LogP contribution in [0.15, 0.2) is 18.2 Å². The average molecular weight is 307 g/mol. The number of halogens is 1. The number of carbonyl (C=O) groups is 2. The average Bonchev–Trinajstić information content (AvgIpc) is 3.16. The van der Waals surface area contributed by atoms with E-state index in [1.54, 1.807) is 6.07 Å². The summed E-state index contributed by atoms with van der Waals surface area (Å²) in [5, 5.41) is 18.2. The standard InChI is InChI=1S/C13H11ClN4O3/c14-7-2-1-3-8(9(7)13(20)21)15-12(19)11-16-10(17-18-11)6-4-5-6/h1-3,6H,4-5H2,(H,15,19)(H,20,21)(H,16,17,18). The van der Waals surface area contributed by atoms with Crippen molar-refractivity contribution in [1.82, 2.24) is 15.2 Å². The number of nitrogens with zero attached hydrogens (tertiary/aromatic N) is 2. The van der Waals surface area contributed by atoms with Crippen LogP contribution >= 0.6 is 11.6 Å². The second-order valence-corrected chi connectivity index (χ2v) is 5.15. The Morgan fingerprint density at radius 3 is 2.81 bits per heavy atom. The Kier molecular flexibility index (Phi) is 3.34. The summed E-state index contributed by atoms with van der Waals surface area (Å²) >= 11 is 5.84. The van der Waals surface area contributed by atoms with E-state index in [0.29, 0.717) is 11.7 Å². The van der Waals surface area contributed by atoms with Crippen molar-refractivity contribution in [2.45, 2.75) is 18.8 Å². The Balaban J connectivity index is 1.83. The SMILES string of the molecule is O=C(Nc1cccc(Cl)c1C(=O)O)c1n[nH]c(C2CC2)n1. The number of H-pyrrole nitrogens is 1. The second-order valence-electron chi connectivity index (χ2n) is 4.74. The van der Waals surface area contributed by atoms with Crippen LogP contribution in [0, 0.1) is 0 Å². The first-order valence-corrected chi connectivity index (χ1v) is 6.69. The van der Waals surface area contributed by atoms with Crippen molar-refractivity contribution in [3.8, 4) is 0 Å². The first-order valence-electron chi connectivity index (χ1n) is 6.31. The van der Waals surface area contributed by atoms with Crippen LogP contribution in [0.2, 0.25) is 5.02 Å². The van der Waals surface area contributed by atoms with Crippen LogP contribution in [0.25, 0.3) is 0 Å². The highest BCUT2D eigenvalue weighted by Crippen LogP contribution is 2.37. The second kappa shape index (κ2) is 5.17. The van der Waals surface area contributed by atoms with E-state index in [-0.39, 0.29) is 22.1 Å². The molecule has 7 nitrogen and oxygen atoms in total. The molecule has 0 spiro atoms. The fraction of sp³-hybridized carbons (Fsp3) is 0.231. The van der Waals surface area contributed by atoms with Crippen molar-refractivity contribution in [1.29, 1.82) is 0 Å². The molecule has 1 saturated carbocycles. The molecule has 21 heavy (non-hydrogen) atoms. The summed E-state index contributed by atoms with van der Waals surface area (Å²) in [6.45, 7) is 0. The fourth-order valence-electron chi connectivity index (χ4n) is 1.94. The quantitative estimate of drug-likeness (QED) is 0.803. The van der Waals surface area contributed by atoms with Gasteiger partial charge in [-0.3, -0.25) is 9.89 Å². The third-order valence-electron chi connectivity index (χ3n) is 3.15. The van der Waals surface area contributed by atoms with E-state index in [1.165, 1.54) is 12.1 Å². The number of aromatic amines is 1. The zero-order valence-electron chi connectivity index (χ0n) is 10.8. The Hall–Kier alpha value is -2.41. The van der Waals surface area contributed by atoms with E-state index in [1.807, 2.05) is 0 Å². The zero-order valence-corrected chi connectivity index (χ0v) is 11.5. The van der Waals surface area contributed by atoms with Gasteiger partial charge in [0.2, 0.25) is 5.82 Å². The number of anilines is 1. The van der Waals surface area contributed by atoms with Crippen molar-refractivity contribution in [2.24, 2.45) is 0 Å². The van der Waals surface area contributed by atoms with Gasteiger partial charge >= 0.3 is 5.97 Å². The predicted molar refractivity (Wildman–Crippen MR) is 74.7 cm³/mol. The van der Waals surface area contributed by atoms with Gasteiger partial charge in [-0.15, -0.1) is 5.10 Å². The smallest absolute Gasteiger partial charge is 0.339 e. The number of hydrogen-bond donors (Lipinski definition) is 3. The molecule has 0 aliphatic heterocycles. The molecule has 0 radical (unpaired) electrons. The number of carbonyl (C=O) groups excluding carboxylic acids is 1. The van der Waals surface area contributed by atoms with Crippen molar-refractivity contribution >= 4 is 29.2 Å². The topological polar surface area (TPSA) is 108 Å². The van der Waals surface area contributed by atoms with Gasteiger partial charge in [-0.2, -0.15) is 0 Å². The Morgan fingerprint density at radius 2 is 2.14 bits per heavy atom. The van der Waals surface area contributed by atoms with Crippen LogP contribution in [-0.2, 0) is 0 Å². The lowest BCUT2D eigenvalue weighted by Crippen LogP contribution is -2.16. The molecule has 1 aliphatic rings. The fourth-order valence-corrected chi connectivity index (χ4v) is 2.19. The first kappa shape index (κ1) is 13.6. The number of amides is 1. The Morgan fingerprint density at radius 1 is 1.38 bits per heavy atom. The maximum Gasteiger partial charge on any atom is 0.339 e. The van der Waals surface area contributed by atoms with Crippen LogP contribution < -0.4 is 5.32 Å². The molecule has 0 unspecified atom stereocenters. The molecule has 2 aromatic rings. The highest BCUT2D eigenvalue weighted by Gasteiger charge is 2.28. The van der Waals surface area contributed by atoms with Crippen LogP contribution in [0.1, 0.15) is 45.6 Å². The molecule has 8 heteroatoms. The van der Waals surface area contributed by atoms with Gasteiger partial charge in [0.25, 0.3) is 5.91 Å². The van der Waals surface area contributed by atoms with Crippen molar-refractivity contribution < 1.29 is 14.7 Å². The molecule has 108 valence electrons. The Bertz CT molecular complexity index is 724. The minimum Gasteiger partial charge on any atom is -0.478 e. The van der Waals surface area contributed by atoms with E-state index in [4.69, 9.17) is 16.7 Å².